The fourth-order valence-corrected chi connectivity index (χ4v) is 1.40. The van der Waals surface area contributed by atoms with Crippen LogP contribution in [-0.4, -0.2) is 35.7 Å². The number of hydrogen-bond donors (Lipinski definition) is 2. The van der Waals surface area contributed by atoms with Crippen LogP contribution < -0.4 is 5.32 Å². The number of amides is 1. The maximum atomic E-state index is 11.7. The minimum absolute atomic E-state index is 0.0281. The number of carboxylic acids is 1. The number of furan rings is 1. The second-order valence-electron chi connectivity index (χ2n) is 4.34. The number of hydrogen-bond acceptors (Lipinski definition) is 4. The lowest BCUT2D eigenvalue weighted by Gasteiger charge is -2.24. The third-order valence-corrected chi connectivity index (χ3v) is 2.25. The van der Waals surface area contributed by atoms with Crippen LogP contribution in [0.25, 0.3) is 0 Å². The molecule has 0 aromatic carbocycles. The SMILES string of the molecule is CCOC(C)(C)CNC(=O)c1ccc(C(=O)O)o1. The van der Waals surface area contributed by atoms with Crippen molar-refractivity contribution < 1.29 is 23.8 Å². The Morgan fingerprint density at radius 3 is 2.50 bits per heavy atom. The summed E-state index contributed by atoms with van der Waals surface area (Å²) in [5.74, 6) is -1.96. The molecule has 0 aliphatic carbocycles. The first-order valence-electron chi connectivity index (χ1n) is 5.61. The number of carbonyl (C=O) groups excluding carboxylic acids is 1. The molecule has 1 amide bonds. The number of aromatic carboxylic acids is 1. The third-order valence-electron chi connectivity index (χ3n) is 2.25. The first kappa shape index (κ1) is 14.2. The Morgan fingerprint density at radius 1 is 1.39 bits per heavy atom. The van der Waals surface area contributed by atoms with Crippen molar-refractivity contribution in [1.29, 1.82) is 0 Å². The average Bonchev–Trinajstić information content (AvgIpc) is 2.75. The summed E-state index contributed by atoms with van der Waals surface area (Å²) in [4.78, 5) is 22.3. The fraction of sp³-hybridized carbons (Fsp3) is 0.500. The molecule has 0 radical (unpaired) electrons. The van der Waals surface area contributed by atoms with Crippen LogP contribution in [0.3, 0.4) is 0 Å². The molecule has 1 aromatic rings. The molecule has 0 aliphatic heterocycles. The van der Waals surface area contributed by atoms with Crippen molar-refractivity contribution in [3.8, 4) is 0 Å². The van der Waals surface area contributed by atoms with Gasteiger partial charge in [-0.05, 0) is 32.9 Å². The molecular weight excluding hydrogens is 238 g/mol. The van der Waals surface area contributed by atoms with E-state index in [-0.39, 0.29) is 11.5 Å². The van der Waals surface area contributed by atoms with Gasteiger partial charge in [0.15, 0.2) is 5.76 Å². The summed E-state index contributed by atoms with van der Waals surface area (Å²) in [5, 5.41) is 11.3. The highest BCUT2D eigenvalue weighted by Gasteiger charge is 2.21. The van der Waals surface area contributed by atoms with Gasteiger partial charge in [0.2, 0.25) is 5.76 Å². The lowest BCUT2D eigenvalue weighted by atomic mass is 10.1. The van der Waals surface area contributed by atoms with E-state index in [4.69, 9.17) is 14.3 Å². The van der Waals surface area contributed by atoms with Gasteiger partial charge < -0.3 is 19.6 Å². The summed E-state index contributed by atoms with van der Waals surface area (Å²) in [6.45, 7) is 6.42. The van der Waals surface area contributed by atoms with Crippen molar-refractivity contribution in [2.75, 3.05) is 13.2 Å². The van der Waals surface area contributed by atoms with E-state index >= 15 is 0 Å². The molecule has 0 spiro atoms. The fourth-order valence-electron chi connectivity index (χ4n) is 1.40. The standard InChI is InChI=1S/C12H17NO5/c1-4-17-12(2,3)7-13-10(14)8-5-6-9(18-8)11(15)16/h5-6H,4,7H2,1-3H3,(H,13,14)(H,15,16). The van der Waals surface area contributed by atoms with Crippen molar-refractivity contribution in [3.63, 3.8) is 0 Å². The van der Waals surface area contributed by atoms with Gasteiger partial charge in [-0.3, -0.25) is 4.79 Å². The van der Waals surface area contributed by atoms with E-state index in [1.165, 1.54) is 12.1 Å². The Kier molecular flexibility index (Phi) is 4.49. The van der Waals surface area contributed by atoms with Crippen LogP contribution in [0.5, 0.6) is 0 Å². The maximum Gasteiger partial charge on any atom is 0.371 e. The van der Waals surface area contributed by atoms with Crippen LogP contribution in [-0.2, 0) is 4.74 Å². The predicted molar refractivity (Wildman–Crippen MR) is 63.7 cm³/mol. The Labute approximate surface area is 105 Å². The quantitative estimate of drug-likeness (QED) is 0.804. The summed E-state index contributed by atoms with van der Waals surface area (Å²) in [6, 6.07) is 2.57. The minimum Gasteiger partial charge on any atom is -0.475 e. The number of carbonyl (C=O) groups is 2. The van der Waals surface area contributed by atoms with Gasteiger partial charge in [-0.2, -0.15) is 0 Å². The van der Waals surface area contributed by atoms with Gasteiger partial charge >= 0.3 is 5.97 Å². The summed E-state index contributed by atoms with van der Waals surface area (Å²) in [6.07, 6.45) is 0. The molecule has 18 heavy (non-hydrogen) atoms. The highest BCUT2D eigenvalue weighted by atomic mass is 16.5. The van der Waals surface area contributed by atoms with E-state index in [1.54, 1.807) is 0 Å². The van der Waals surface area contributed by atoms with Gasteiger partial charge in [-0.1, -0.05) is 0 Å². The van der Waals surface area contributed by atoms with E-state index in [9.17, 15) is 9.59 Å². The van der Waals surface area contributed by atoms with E-state index in [2.05, 4.69) is 5.32 Å². The number of carboxylic acid groups (broad SMARTS) is 1. The van der Waals surface area contributed by atoms with Crippen molar-refractivity contribution in [3.05, 3.63) is 23.7 Å². The van der Waals surface area contributed by atoms with Crippen molar-refractivity contribution in [1.82, 2.24) is 5.32 Å². The van der Waals surface area contributed by atoms with Crippen LogP contribution >= 0.6 is 0 Å². The third kappa shape index (κ3) is 3.89. The molecule has 1 rings (SSSR count). The van der Waals surface area contributed by atoms with Crippen molar-refractivity contribution in [2.45, 2.75) is 26.4 Å². The first-order valence-corrected chi connectivity index (χ1v) is 5.61. The van der Waals surface area contributed by atoms with E-state index < -0.39 is 17.5 Å². The summed E-state index contributed by atoms with van der Waals surface area (Å²) < 4.78 is 10.3. The largest absolute Gasteiger partial charge is 0.475 e. The zero-order chi connectivity index (χ0) is 13.8. The Bertz CT molecular complexity index is 435. The monoisotopic (exact) mass is 255 g/mol. The molecule has 1 aromatic heterocycles. The average molecular weight is 255 g/mol. The normalized spacial score (nSPS) is 11.3. The van der Waals surface area contributed by atoms with Crippen LogP contribution in [0.4, 0.5) is 0 Å². The lowest BCUT2D eigenvalue weighted by Crippen LogP contribution is -2.40. The van der Waals surface area contributed by atoms with Crippen LogP contribution in [0.1, 0.15) is 41.9 Å². The molecule has 0 saturated heterocycles. The molecule has 6 heteroatoms. The Balaban J connectivity index is 2.57. The van der Waals surface area contributed by atoms with Crippen molar-refractivity contribution in [2.24, 2.45) is 0 Å². The van der Waals surface area contributed by atoms with Gasteiger partial charge in [0, 0.05) is 13.2 Å². The van der Waals surface area contributed by atoms with Gasteiger partial charge in [0.25, 0.3) is 5.91 Å². The molecule has 0 fully saturated rings. The maximum absolute atomic E-state index is 11.7. The summed E-state index contributed by atoms with van der Waals surface area (Å²) >= 11 is 0. The smallest absolute Gasteiger partial charge is 0.371 e. The Morgan fingerprint density at radius 2 is 2.00 bits per heavy atom. The van der Waals surface area contributed by atoms with Gasteiger partial charge in [-0.15, -0.1) is 0 Å². The van der Waals surface area contributed by atoms with Crippen molar-refractivity contribution >= 4 is 11.9 Å². The second kappa shape index (κ2) is 5.68. The predicted octanol–water partition coefficient (Wildman–Crippen LogP) is 1.52. The first-order chi connectivity index (χ1) is 8.35. The molecule has 2 N–H and O–H groups in total. The zero-order valence-electron chi connectivity index (χ0n) is 10.6. The van der Waals surface area contributed by atoms with Crippen LogP contribution in [0, 0.1) is 0 Å². The molecule has 0 aliphatic rings. The molecule has 6 nitrogen and oxygen atoms in total. The molecule has 0 unspecified atom stereocenters. The molecule has 1 heterocycles. The number of nitrogens with one attached hydrogen (secondary N) is 1. The van der Waals surface area contributed by atoms with E-state index in [1.807, 2.05) is 20.8 Å². The molecule has 100 valence electrons. The summed E-state index contributed by atoms with van der Waals surface area (Å²) in [7, 11) is 0. The Hall–Kier alpha value is -1.82. The van der Waals surface area contributed by atoms with Gasteiger partial charge in [0.1, 0.15) is 0 Å². The van der Waals surface area contributed by atoms with Crippen LogP contribution in [0.2, 0.25) is 0 Å². The molecule has 0 saturated carbocycles. The molecular formula is C12H17NO5. The highest BCUT2D eigenvalue weighted by Crippen LogP contribution is 2.10. The lowest BCUT2D eigenvalue weighted by molar-refractivity contribution is -0.00833. The number of ether oxygens (including phenoxy) is 1. The summed E-state index contributed by atoms with van der Waals surface area (Å²) in [5.41, 5.74) is -0.480. The number of rotatable bonds is 6. The zero-order valence-corrected chi connectivity index (χ0v) is 10.6. The molecule has 0 bridgehead atoms. The second-order valence-corrected chi connectivity index (χ2v) is 4.34. The van der Waals surface area contributed by atoms with Crippen LogP contribution in [0.15, 0.2) is 16.5 Å². The van der Waals surface area contributed by atoms with E-state index in [0.29, 0.717) is 13.2 Å². The highest BCUT2D eigenvalue weighted by molar-refractivity contribution is 5.93. The molecule has 0 atom stereocenters. The van der Waals surface area contributed by atoms with Gasteiger partial charge in [0.05, 0.1) is 5.60 Å². The van der Waals surface area contributed by atoms with E-state index in [0.717, 1.165) is 0 Å². The minimum atomic E-state index is -1.20. The van der Waals surface area contributed by atoms with Gasteiger partial charge in [-0.25, -0.2) is 4.79 Å². The topological polar surface area (TPSA) is 88.8 Å².